The topological polar surface area (TPSA) is 101 Å². The van der Waals surface area contributed by atoms with Gasteiger partial charge in [0, 0.05) is 5.56 Å². The highest BCUT2D eigenvalue weighted by molar-refractivity contribution is 6.17. The predicted molar refractivity (Wildman–Crippen MR) is 82.9 cm³/mol. The van der Waals surface area contributed by atoms with Gasteiger partial charge in [-0.05, 0) is 31.7 Å². The van der Waals surface area contributed by atoms with Gasteiger partial charge in [0.15, 0.2) is 5.84 Å². The number of carbonyl (C=O) groups excluding carboxylic acids is 1. The Morgan fingerprint density at radius 2 is 2.22 bits per heavy atom. The van der Waals surface area contributed by atoms with Crippen molar-refractivity contribution in [1.29, 1.82) is 0 Å². The Balaban J connectivity index is 2.13. The number of ether oxygens (including phenoxy) is 1. The molecule has 3 rings (SSSR count). The molecule has 1 aromatic heterocycles. The van der Waals surface area contributed by atoms with Crippen LogP contribution in [0.3, 0.4) is 0 Å². The minimum absolute atomic E-state index is 0.0258. The molecule has 0 saturated heterocycles. The second-order valence-corrected chi connectivity index (χ2v) is 6.32. The first kappa shape index (κ1) is 15.5. The molecule has 122 valence electrons. The molecular formula is C16H19N3O4. The van der Waals surface area contributed by atoms with Crippen molar-refractivity contribution in [1.82, 2.24) is 10.3 Å². The van der Waals surface area contributed by atoms with Crippen LogP contribution in [-0.4, -0.2) is 39.9 Å². The minimum atomic E-state index is -1.10. The summed E-state index contributed by atoms with van der Waals surface area (Å²) in [5.74, 6) is -0.760. The van der Waals surface area contributed by atoms with Gasteiger partial charge in [-0.1, -0.05) is 13.8 Å². The lowest BCUT2D eigenvalue weighted by molar-refractivity contribution is -0.124. The number of hydrogen-bond donors (Lipinski definition) is 2. The van der Waals surface area contributed by atoms with Gasteiger partial charge in [0.25, 0.3) is 5.91 Å². The molecule has 1 atom stereocenters. The molecule has 0 fully saturated rings. The summed E-state index contributed by atoms with van der Waals surface area (Å²) >= 11 is 0. The number of amidine groups is 1. The molecule has 0 aromatic carbocycles. The number of carboxylic acid groups (broad SMARTS) is 1. The molecule has 0 bridgehead atoms. The zero-order valence-corrected chi connectivity index (χ0v) is 13.3. The largest absolute Gasteiger partial charge is 0.478 e. The number of aryl methyl sites for hydroxylation is 1. The Morgan fingerprint density at radius 3 is 2.83 bits per heavy atom. The smallest absolute Gasteiger partial charge is 0.338 e. The second kappa shape index (κ2) is 5.33. The van der Waals surface area contributed by atoms with E-state index >= 15 is 0 Å². The number of amides is 1. The van der Waals surface area contributed by atoms with Gasteiger partial charge >= 0.3 is 5.97 Å². The number of carboxylic acids is 1. The molecule has 7 heteroatoms. The van der Waals surface area contributed by atoms with Crippen molar-refractivity contribution >= 4 is 17.7 Å². The van der Waals surface area contributed by atoms with Crippen LogP contribution in [0.25, 0.3) is 0 Å². The van der Waals surface area contributed by atoms with Gasteiger partial charge in [0.05, 0.1) is 12.2 Å². The Bertz CT molecular complexity index is 726. The average Bonchev–Trinajstić information content (AvgIpc) is 2.82. The summed E-state index contributed by atoms with van der Waals surface area (Å²) in [5, 5.41) is 12.2. The van der Waals surface area contributed by atoms with Crippen LogP contribution in [0.4, 0.5) is 0 Å². The Kier molecular flexibility index (Phi) is 3.58. The van der Waals surface area contributed by atoms with Crippen LogP contribution in [0.2, 0.25) is 0 Å². The van der Waals surface area contributed by atoms with Crippen molar-refractivity contribution < 1.29 is 19.4 Å². The zero-order chi connectivity index (χ0) is 16.8. The lowest BCUT2D eigenvalue weighted by Crippen LogP contribution is -2.41. The number of fused-ring (bicyclic) bond motifs is 1. The van der Waals surface area contributed by atoms with E-state index in [1.165, 1.54) is 0 Å². The molecule has 23 heavy (non-hydrogen) atoms. The average molecular weight is 317 g/mol. The summed E-state index contributed by atoms with van der Waals surface area (Å²) in [4.78, 5) is 32.6. The van der Waals surface area contributed by atoms with Crippen LogP contribution < -0.4 is 10.1 Å². The number of pyridine rings is 1. The quantitative estimate of drug-likeness (QED) is 0.877. The van der Waals surface area contributed by atoms with Crippen LogP contribution in [0, 0.1) is 5.92 Å². The highest BCUT2D eigenvalue weighted by Crippen LogP contribution is 2.30. The van der Waals surface area contributed by atoms with E-state index in [1.807, 2.05) is 13.8 Å². The number of aliphatic imine (C=N–C) groups is 1. The van der Waals surface area contributed by atoms with Gasteiger partial charge in [0.2, 0.25) is 5.88 Å². The van der Waals surface area contributed by atoms with Crippen LogP contribution in [-0.2, 0) is 11.2 Å². The molecular weight excluding hydrogens is 298 g/mol. The molecule has 0 radical (unpaired) electrons. The van der Waals surface area contributed by atoms with Crippen molar-refractivity contribution in [3.05, 3.63) is 22.9 Å². The normalized spacial score (nSPS) is 23.1. The van der Waals surface area contributed by atoms with Crippen molar-refractivity contribution in [3.63, 3.8) is 0 Å². The van der Waals surface area contributed by atoms with Gasteiger partial charge in [-0.15, -0.1) is 0 Å². The Morgan fingerprint density at radius 1 is 1.48 bits per heavy atom. The Hall–Kier alpha value is -2.44. The molecule has 3 heterocycles. The molecule has 2 aliphatic rings. The lowest BCUT2D eigenvalue weighted by Gasteiger charge is -2.21. The van der Waals surface area contributed by atoms with Gasteiger partial charge in [-0.3, -0.25) is 4.79 Å². The van der Waals surface area contributed by atoms with Crippen molar-refractivity contribution in [3.8, 4) is 5.88 Å². The van der Waals surface area contributed by atoms with Crippen molar-refractivity contribution in [2.45, 2.75) is 39.2 Å². The summed E-state index contributed by atoms with van der Waals surface area (Å²) < 4.78 is 5.51. The summed E-state index contributed by atoms with van der Waals surface area (Å²) in [7, 11) is 0. The van der Waals surface area contributed by atoms with Crippen molar-refractivity contribution in [2.75, 3.05) is 6.61 Å². The van der Waals surface area contributed by atoms with Crippen LogP contribution in [0.5, 0.6) is 5.88 Å². The number of rotatable bonds is 3. The first-order valence-electron chi connectivity index (χ1n) is 7.64. The van der Waals surface area contributed by atoms with Crippen LogP contribution in [0.1, 0.15) is 48.8 Å². The van der Waals surface area contributed by atoms with Gasteiger partial charge in [0.1, 0.15) is 11.2 Å². The van der Waals surface area contributed by atoms with Gasteiger partial charge in [-0.2, -0.15) is 0 Å². The van der Waals surface area contributed by atoms with E-state index in [0.29, 0.717) is 12.5 Å². The fourth-order valence-electron chi connectivity index (χ4n) is 2.67. The third-order valence-electron chi connectivity index (χ3n) is 4.51. The molecule has 0 spiro atoms. The zero-order valence-electron chi connectivity index (χ0n) is 13.3. The van der Waals surface area contributed by atoms with E-state index in [-0.39, 0.29) is 28.9 Å². The van der Waals surface area contributed by atoms with E-state index in [1.54, 1.807) is 13.0 Å². The van der Waals surface area contributed by atoms with E-state index < -0.39 is 11.5 Å². The molecule has 2 N–H and O–H groups in total. The maximum Gasteiger partial charge on any atom is 0.338 e. The number of aromatic nitrogens is 1. The van der Waals surface area contributed by atoms with Crippen LogP contribution >= 0.6 is 0 Å². The lowest BCUT2D eigenvalue weighted by atomic mass is 9.89. The van der Waals surface area contributed by atoms with E-state index in [4.69, 9.17) is 4.74 Å². The predicted octanol–water partition coefficient (Wildman–Crippen LogP) is 1.40. The molecule has 1 amide bonds. The standard InChI is InChI=1S/C16H19N3O4/c1-8(2)16(3)15(22)18-12(19-16)11-10(14(20)21)7-9-5-4-6-23-13(9)17-11/h7-8H,4-6H2,1-3H3,(H,20,21)(H,18,19,22). The van der Waals surface area contributed by atoms with Gasteiger partial charge < -0.3 is 15.2 Å². The summed E-state index contributed by atoms with van der Waals surface area (Å²) in [6, 6.07) is 1.57. The fraction of sp³-hybridized carbons (Fsp3) is 0.500. The molecule has 1 unspecified atom stereocenters. The van der Waals surface area contributed by atoms with Gasteiger partial charge in [-0.25, -0.2) is 14.8 Å². The summed E-state index contributed by atoms with van der Waals surface area (Å²) in [5.41, 5.74) is 0.0231. The fourth-order valence-corrected chi connectivity index (χ4v) is 2.67. The molecule has 0 saturated carbocycles. The Labute approximate surface area is 133 Å². The molecule has 2 aliphatic heterocycles. The third kappa shape index (κ3) is 2.46. The summed E-state index contributed by atoms with van der Waals surface area (Å²) in [6.45, 7) is 6.07. The highest BCUT2D eigenvalue weighted by atomic mass is 16.5. The number of nitrogens with one attached hydrogen (secondary N) is 1. The van der Waals surface area contributed by atoms with E-state index in [0.717, 1.165) is 18.4 Å². The number of hydrogen-bond acceptors (Lipinski definition) is 5. The van der Waals surface area contributed by atoms with Crippen LogP contribution in [0.15, 0.2) is 11.1 Å². The number of aromatic carboxylic acids is 1. The maximum absolute atomic E-state index is 12.3. The SMILES string of the molecule is CC(C)C1(C)N=C(c2nc3c(cc2C(=O)O)CCCO3)NC1=O. The maximum atomic E-state index is 12.3. The molecule has 7 nitrogen and oxygen atoms in total. The number of nitrogens with zero attached hydrogens (tertiary/aromatic N) is 2. The minimum Gasteiger partial charge on any atom is -0.478 e. The first-order chi connectivity index (χ1) is 10.8. The van der Waals surface area contributed by atoms with E-state index in [2.05, 4.69) is 15.3 Å². The monoisotopic (exact) mass is 317 g/mol. The van der Waals surface area contributed by atoms with E-state index in [9.17, 15) is 14.7 Å². The summed E-state index contributed by atoms with van der Waals surface area (Å²) in [6.07, 6.45) is 1.56. The third-order valence-corrected chi connectivity index (χ3v) is 4.51. The first-order valence-corrected chi connectivity index (χ1v) is 7.64. The highest BCUT2D eigenvalue weighted by Gasteiger charge is 2.43. The molecule has 1 aromatic rings. The van der Waals surface area contributed by atoms with Crippen molar-refractivity contribution in [2.24, 2.45) is 10.9 Å². The second-order valence-electron chi connectivity index (χ2n) is 6.32. The number of carbonyl (C=O) groups is 2. The molecule has 0 aliphatic carbocycles.